The number of nitrogens with one attached hydrogen (secondary N) is 1. The maximum Gasteiger partial charge on any atom is 0 e. The van der Waals surface area contributed by atoms with Crippen molar-refractivity contribution in [2.45, 2.75) is 27.7 Å². The van der Waals surface area contributed by atoms with Crippen molar-refractivity contribution in [3.8, 4) is 0 Å². The van der Waals surface area contributed by atoms with E-state index >= 15 is 0 Å². The van der Waals surface area contributed by atoms with Gasteiger partial charge in [-0.2, -0.15) is 7.05 Å². The van der Waals surface area contributed by atoms with Crippen LogP contribution in [0.2, 0.25) is 0 Å². The van der Waals surface area contributed by atoms with Crippen LogP contribution in [0.1, 0.15) is 27.7 Å². The first-order chi connectivity index (χ1) is 4.25. The van der Waals surface area contributed by atoms with E-state index in [-0.39, 0.29) is 64.6 Å². The summed E-state index contributed by atoms with van der Waals surface area (Å²) >= 11 is 0. The van der Waals surface area contributed by atoms with E-state index in [2.05, 4.69) is 34.6 Å². The second kappa shape index (κ2) is 9.31. The van der Waals surface area contributed by atoms with Gasteiger partial charge in [0.15, 0.2) is 0 Å². The second-order valence-electron chi connectivity index (χ2n) is 3.81. The molecule has 0 amide bonds. The summed E-state index contributed by atoms with van der Waals surface area (Å²) in [7, 11) is 1.25. The molecular formula is C9H20NWY-3. The molecular weight excluding hydrogens is 395 g/mol. The van der Waals surface area contributed by atoms with E-state index in [9.17, 15) is 0 Å². The normalized spacial score (nSPS) is 10.0. The van der Waals surface area contributed by atoms with Gasteiger partial charge in [0.25, 0.3) is 0 Å². The minimum atomic E-state index is -0.0625. The molecule has 1 nitrogen and oxygen atoms in total. The molecule has 1 N–H and O–H groups in total. The van der Waals surface area contributed by atoms with E-state index in [1.54, 1.807) is 0 Å². The summed E-state index contributed by atoms with van der Waals surface area (Å²) in [6, 6.07) is 0. The van der Waals surface area contributed by atoms with Crippen LogP contribution in [0.5, 0.6) is 0 Å². The maximum absolute atomic E-state index is 5.75. The fourth-order valence-electron chi connectivity index (χ4n) is 0. The van der Waals surface area contributed by atoms with Crippen molar-refractivity contribution in [3.63, 3.8) is 0 Å². The zero-order valence-corrected chi connectivity index (χ0v) is 14.7. The van der Waals surface area contributed by atoms with Crippen LogP contribution in [0.3, 0.4) is 0 Å². The summed E-state index contributed by atoms with van der Waals surface area (Å²) in [5, 5.41) is 0. The molecule has 0 saturated carbocycles. The molecule has 0 aromatic carbocycles. The van der Waals surface area contributed by atoms with Crippen molar-refractivity contribution < 1.29 is 53.8 Å². The minimum Gasteiger partial charge on any atom is -0.680 e. The Morgan fingerprint density at radius 1 is 0.917 bits per heavy atom. The van der Waals surface area contributed by atoms with Crippen molar-refractivity contribution in [1.29, 1.82) is 0 Å². The van der Waals surface area contributed by atoms with Gasteiger partial charge in [0.1, 0.15) is 0 Å². The van der Waals surface area contributed by atoms with Gasteiger partial charge in [-0.3, -0.25) is 5.41 Å². The Bertz CT molecular complexity index is 69.5. The van der Waals surface area contributed by atoms with Crippen molar-refractivity contribution in [3.05, 3.63) is 19.6 Å². The molecule has 0 rings (SSSR count). The van der Waals surface area contributed by atoms with Crippen LogP contribution < -0.4 is 0 Å². The fourth-order valence-corrected chi connectivity index (χ4v) is 0. The Morgan fingerprint density at radius 2 is 1.00 bits per heavy atom. The molecule has 0 fully saturated rings. The molecule has 0 spiro atoms. The molecule has 0 aliphatic heterocycles. The topological polar surface area (TPSA) is 23.8 Å². The van der Waals surface area contributed by atoms with Crippen LogP contribution in [0.15, 0.2) is 0 Å². The van der Waals surface area contributed by atoms with Gasteiger partial charge in [0.05, 0.1) is 0 Å². The monoisotopic (exact) mass is 415 g/mol. The zero-order chi connectivity index (χ0) is 9.00. The summed E-state index contributed by atoms with van der Waals surface area (Å²) in [6.45, 7) is 16.3. The molecule has 0 aliphatic rings. The van der Waals surface area contributed by atoms with Crippen molar-refractivity contribution >= 4 is 0 Å². The third-order valence-electron chi connectivity index (χ3n) is 1.81. The third kappa shape index (κ3) is 11.8. The van der Waals surface area contributed by atoms with Gasteiger partial charge in [-0.1, -0.05) is 26.2 Å². The first-order valence-corrected chi connectivity index (χ1v) is 3.46. The molecule has 0 heterocycles. The average Bonchev–Trinajstić information content (AvgIpc) is 1.66. The van der Waals surface area contributed by atoms with Gasteiger partial charge in [0, 0.05) is 53.8 Å². The standard InChI is InChI=1S/C8H16.CH4N.W.Y/c1-7(2,3)8(4,5)6;1-2;;/h1-2H2,3-6H3;2H,1H3;;/q-2;-1;;. The predicted octanol–water partition coefficient (Wildman–Crippen LogP) is 3.37. The van der Waals surface area contributed by atoms with Crippen molar-refractivity contribution in [1.82, 2.24) is 0 Å². The van der Waals surface area contributed by atoms with Crippen molar-refractivity contribution in [2.75, 3.05) is 7.05 Å². The van der Waals surface area contributed by atoms with E-state index in [4.69, 9.17) is 5.73 Å². The Hall–Kier alpha value is 1.75. The molecule has 73 valence electrons. The van der Waals surface area contributed by atoms with Crippen LogP contribution in [0, 0.1) is 24.7 Å². The Kier molecular flexibility index (Phi) is 18.2. The Morgan fingerprint density at radius 3 is 1.00 bits per heavy atom. The van der Waals surface area contributed by atoms with Gasteiger partial charge < -0.3 is 19.6 Å². The quantitative estimate of drug-likeness (QED) is 0.543. The zero-order valence-electron chi connectivity index (χ0n) is 8.90. The van der Waals surface area contributed by atoms with Crippen LogP contribution in [0.25, 0.3) is 5.73 Å². The largest absolute Gasteiger partial charge is 0.680 e. The van der Waals surface area contributed by atoms with Crippen molar-refractivity contribution in [2.24, 2.45) is 10.8 Å². The molecule has 0 atom stereocenters. The van der Waals surface area contributed by atoms with Gasteiger partial charge in [-0.15, -0.1) is 6.92 Å². The summed E-state index contributed by atoms with van der Waals surface area (Å²) in [6.07, 6.45) is 0. The van der Waals surface area contributed by atoms with Gasteiger partial charge in [-0.05, 0) is 0 Å². The van der Waals surface area contributed by atoms with E-state index < -0.39 is 0 Å². The molecule has 0 unspecified atom stereocenters. The summed E-state index contributed by atoms with van der Waals surface area (Å²) in [5.74, 6) is 0. The van der Waals surface area contributed by atoms with Crippen LogP contribution in [-0.4, -0.2) is 7.05 Å². The molecule has 1 radical (unpaired) electrons. The van der Waals surface area contributed by atoms with E-state index in [0.717, 1.165) is 0 Å². The number of hydrogen-bond acceptors (Lipinski definition) is 0. The molecule has 0 aliphatic carbocycles. The maximum atomic E-state index is 5.75. The van der Waals surface area contributed by atoms with E-state index in [1.807, 2.05) is 6.92 Å². The SMILES string of the molecule is C[NH-].[CH2-]C([CH2-])(C)C(C)(C)C.[W].[Y]. The Balaban J connectivity index is -0.0000000740. The molecule has 3 heteroatoms. The van der Waals surface area contributed by atoms with E-state index in [0.29, 0.717) is 0 Å². The molecule has 0 saturated heterocycles. The smallest absolute Gasteiger partial charge is 0 e. The fraction of sp³-hybridized carbons (Fsp3) is 0.778. The first kappa shape index (κ1) is 23.5. The van der Waals surface area contributed by atoms with Gasteiger partial charge >= 0.3 is 0 Å². The molecule has 0 aromatic rings. The minimum absolute atomic E-state index is 0. The first-order valence-electron chi connectivity index (χ1n) is 3.46. The van der Waals surface area contributed by atoms with Crippen LogP contribution in [-0.2, 0) is 53.8 Å². The predicted molar refractivity (Wildman–Crippen MR) is 48.5 cm³/mol. The van der Waals surface area contributed by atoms with Crippen LogP contribution >= 0.6 is 0 Å². The van der Waals surface area contributed by atoms with Gasteiger partial charge in [0.2, 0.25) is 0 Å². The number of rotatable bonds is 0. The summed E-state index contributed by atoms with van der Waals surface area (Å²) in [5.41, 5.74) is 5.90. The second-order valence-corrected chi connectivity index (χ2v) is 3.81. The summed E-state index contributed by atoms with van der Waals surface area (Å²) in [4.78, 5) is 0. The third-order valence-corrected chi connectivity index (χ3v) is 1.81. The number of hydrogen-bond donors (Lipinski definition) is 0. The van der Waals surface area contributed by atoms with Gasteiger partial charge in [-0.25, -0.2) is 0 Å². The Labute approximate surface area is 118 Å². The summed E-state index contributed by atoms with van der Waals surface area (Å²) < 4.78 is 0. The molecule has 0 aromatic heterocycles. The average molecular weight is 415 g/mol. The van der Waals surface area contributed by atoms with E-state index in [1.165, 1.54) is 7.05 Å². The molecule has 12 heavy (non-hydrogen) atoms. The molecule has 0 bridgehead atoms. The van der Waals surface area contributed by atoms with Crippen LogP contribution in [0.4, 0.5) is 0 Å².